The number of para-hydroxylation sites is 1. The molecule has 1 saturated heterocycles. The van der Waals surface area contributed by atoms with Crippen LogP contribution in [0.1, 0.15) is 21.5 Å². The zero-order valence-electron chi connectivity index (χ0n) is 19.8. The molecule has 0 bridgehead atoms. The van der Waals surface area contributed by atoms with Crippen LogP contribution in [0.2, 0.25) is 5.02 Å². The lowest BCUT2D eigenvalue weighted by molar-refractivity contribution is -0.123. The minimum Gasteiger partial charge on any atom is -0.493 e. The smallest absolute Gasteiger partial charge is 0.343 e. The number of esters is 1. The first-order valence-corrected chi connectivity index (χ1v) is 13.0. The van der Waals surface area contributed by atoms with Gasteiger partial charge in [-0.25, -0.2) is 4.79 Å². The average molecular weight is 603 g/mol. The summed E-state index contributed by atoms with van der Waals surface area (Å²) in [5.41, 5.74) is 2.00. The van der Waals surface area contributed by atoms with Gasteiger partial charge in [-0.1, -0.05) is 41.4 Å². The van der Waals surface area contributed by atoms with Crippen molar-refractivity contribution in [1.29, 1.82) is 0 Å². The predicted molar refractivity (Wildman–Crippen MR) is 146 cm³/mol. The molecule has 0 saturated carbocycles. The number of carbonyl (C=O) groups is 3. The molecule has 2 amide bonds. The van der Waals surface area contributed by atoms with Gasteiger partial charge in [-0.2, -0.15) is 0 Å². The minimum absolute atomic E-state index is 0.0775. The first-order valence-electron chi connectivity index (χ1n) is 11.1. The van der Waals surface area contributed by atoms with Crippen LogP contribution in [-0.4, -0.2) is 42.3 Å². The molecule has 1 fully saturated rings. The number of thioether (sulfide) groups is 1. The van der Waals surface area contributed by atoms with Crippen LogP contribution < -0.4 is 14.2 Å². The number of hydrogen-bond donors (Lipinski definition) is 0. The van der Waals surface area contributed by atoms with E-state index in [4.69, 9.17) is 25.8 Å². The van der Waals surface area contributed by atoms with Crippen molar-refractivity contribution >= 4 is 62.5 Å². The topological polar surface area (TPSA) is 82.1 Å². The van der Waals surface area contributed by atoms with Gasteiger partial charge in [-0.3, -0.25) is 14.5 Å². The number of halogens is 2. The van der Waals surface area contributed by atoms with Gasteiger partial charge in [0, 0.05) is 0 Å². The van der Waals surface area contributed by atoms with Crippen LogP contribution in [0.15, 0.2) is 70.0 Å². The molecule has 4 rings (SSSR count). The number of aryl methyl sites for hydroxylation is 1. The number of amides is 2. The van der Waals surface area contributed by atoms with Crippen molar-refractivity contribution in [3.63, 3.8) is 0 Å². The Kier molecular flexibility index (Phi) is 8.58. The van der Waals surface area contributed by atoms with Crippen LogP contribution in [0.25, 0.3) is 6.08 Å². The molecule has 0 N–H and O–H groups in total. The second-order valence-electron chi connectivity index (χ2n) is 7.90. The van der Waals surface area contributed by atoms with Crippen LogP contribution in [0.4, 0.5) is 4.79 Å². The molecule has 7 nitrogen and oxygen atoms in total. The van der Waals surface area contributed by atoms with Crippen molar-refractivity contribution in [2.45, 2.75) is 6.92 Å². The Morgan fingerprint density at radius 3 is 2.51 bits per heavy atom. The monoisotopic (exact) mass is 601 g/mol. The summed E-state index contributed by atoms with van der Waals surface area (Å²) in [6, 6.07) is 17.3. The maximum atomic E-state index is 12.9. The van der Waals surface area contributed by atoms with Gasteiger partial charge < -0.3 is 14.2 Å². The Morgan fingerprint density at radius 1 is 1.08 bits per heavy atom. The number of imide groups is 1. The van der Waals surface area contributed by atoms with E-state index in [1.165, 1.54) is 7.11 Å². The quantitative estimate of drug-likeness (QED) is 0.160. The van der Waals surface area contributed by atoms with Gasteiger partial charge in [0.15, 0.2) is 11.5 Å². The first-order chi connectivity index (χ1) is 17.8. The number of hydrogen-bond acceptors (Lipinski definition) is 7. The van der Waals surface area contributed by atoms with E-state index in [2.05, 4.69) is 15.9 Å². The molecule has 37 heavy (non-hydrogen) atoms. The first kappa shape index (κ1) is 26.8. The van der Waals surface area contributed by atoms with E-state index in [1.807, 2.05) is 19.1 Å². The van der Waals surface area contributed by atoms with Gasteiger partial charge in [0.2, 0.25) is 0 Å². The molecule has 1 heterocycles. The summed E-state index contributed by atoms with van der Waals surface area (Å²) >= 11 is 10.3. The second kappa shape index (κ2) is 11.9. The standard InChI is InChI=1S/C27H21BrClNO6S/c1-16-7-9-18(10-8-16)26(32)36-24-19(28)13-17(14-22(24)34-2)15-23-25(31)30(27(33)37-23)11-12-35-21-6-4-3-5-20(21)29/h3-10,13-15H,11-12H2,1-2H3/b23-15-. The van der Waals surface area contributed by atoms with Gasteiger partial charge in [0.1, 0.15) is 12.4 Å². The van der Waals surface area contributed by atoms with Gasteiger partial charge in [0.25, 0.3) is 11.1 Å². The van der Waals surface area contributed by atoms with Crippen molar-refractivity contribution in [3.05, 3.63) is 91.8 Å². The summed E-state index contributed by atoms with van der Waals surface area (Å²) in [5, 5.41) is 0.0535. The van der Waals surface area contributed by atoms with E-state index in [0.717, 1.165) is 22.2 Å². The number of nitrogens with zero attached hydrogens (tertiary/aromatic N) is 1. The SMILES string of the molecule is COc1cc(/C=C2\SC(=O)N(CCOc3ccccc3Cl)C2=O)cc(Br)c1OC(=O)c1ccc(C)cc1. The van der Waals surface area contributed by atoms with Gasteiger partial charge in [0.05, 0.1) is 33.6 Å². The number of methoxy groups -OCH3 is 1. The number of rotatable bonds is 8. The third kappa shape index (κ3) is 6.36. The molecule has 0 atom stereocenters. The van der Waals surface area contributed by atoms with Crippen LogP contribution in [0, 0.1) is 6.92 Å². The lowest BCUT2D eigenvalue weighted by atomic mass is 10.1. The fraction of sp³-hybridized carbons (Fsp3) is 0.148. The lowest BCUT2D eigenvalue weighted by Crippen LogP contribution is -2.32. The second-order valence-corrected chi connectivity index (χ2v) is 10.2. The molecular weight excluding hydrogens is 582 g/mol. The van der Waals surface area contributed by atoms with E-state index in [-0.39, 0.29) is 29.6 Å². The largest absolute Gasteiger partial charge is 0.493 e. The molecule has 0 radical (unpaired) electrons. The van der Waals surface area contributed by atoms with Gasteiger partial charge >= 0.3 is 5.97 Å². The summed E-state index contributed by atoms with van der Waals surface area (Å²) in [6.45, 7) is 2.11. The Morgan fingerprint density at radius 2 is 1.81 bits per heavy atom. The molecule has 10 heteroatoms. The maximum Gasteiger partial charge on any atom is 0.343 e. The fourth-order valence-electron chi connectivity index (χ4n) is 3.42. The van der Waals surface area contributed by atoms with Gasteiger partial charge in [-0.15, -0.1) is 0 Å². The van der Waals surface area contributed by atoms with Crippen molar-refractivity contribution < 1.29 is 28.6 Å². The molecular formula is C27H21BrClNO6S. The zero-order valence-corrected chi connectivity index (χ0v) is 23.0. The van der Waals surface area contributed by atoms with Crippen molar-refractivity contribution in [2.75, 3.05) is 20.3 Å². The summed E-state index contributed by atoms with van der Waals surface area (Å²) in [6.07, 6.45) is 1.58. The molecule has 190 valence electrons. The zero-order chi connectivity index (χ0) is 26.5. The molecule has 3 aromatic rings. The minimum atomic E-state index is -0.535. The van der Waals surface area contributed by atoms with E-state index in [1.54, 1.807) is 54.6 Å². The molecule has 0 aliphatic carbocycles. The molecule has 0 spiro atoms. The Bertz CT molecular complexity index is 1390. The number of ether oxygens (including phenoxy) is 3. The van der Waals surface area contributed by atoms with E-state index >= 15 is 0 Å². The molecule has 3 aromatic carbocycles. The lowest BCUT2D eigenvalue weighted by Gasteiger charge is -2.14. The van der Waals surface area contributed by atoms with E-state index in [0.29, 0.717) is 26.4 Å². The molecule has 1 aliphatic rings. The highest BCUT2D eigenvalue weighted by Gasteiger charge is 2.35. The number of carbonyl (C=O) groups excluding carboxylic acids is 3. The summed E-state index contributed by atoms with van der Waals surface area (Å²) in [4.78, 5) is 39.3. The van der Waals surface area contributed by atoms with Crippen molar-refractivity contribution in [1.82, 2.24) is 4.90 Å². The van der Waals surface area contributed by atoms with Crippen molar-refractivity contribution in [3.8, 4) is 17.2 Å². The Hall–Kier alpha value is -3.27. The summed E-state index contributed by atoms with van der Waals surface area (Å²) in [7, 11) is 1.45. The van der Waals surface area contributed by atoms with Crippen LogP contribution in [0.5, 0.6) is 17.2 Å². The average Bonchev–Trinajstić information content (AvgIpc) is 3.14. The Labute approximate surface area is 231 Å². The van der Waals surface area contributed by atoms with Crippen LogP contribution >= 0.6 is 39.3 Å². The maximum absolute atomic E-state index is 12.9. The predicted octanol–water partition coefficient (Wildman–Crippen LogP) is 6.75. The molecule has 0 aromatic heterocycles. The van der Waals surface area contributed by atoms with Gasteiger partial charge in [-0.05, 0) is 82.7 Å². The summed E-state index contributed by atoms with van der Waals surface area (Å²) in [5.74, 6) is 0.00454. The molecule has 0 unspecified atom stereocenters. The Balaban J connectivity index is 1.47. The number of benzene rings is 3. The molecule has 1 aliphatic heterocycles. The highest BCUT2D eigenvalue weighted by molar-refractivity contribution is 9.10. The van der Waals surface area contributed by atoms with Crippen LogP contribution in [-0.2, 0) is 4.79 Å². The van der Waals surface area contributed by atoms with Crippen LogP contribution in [0.3, 0.4) is 0 Å². The van der Waals surface area contributed by atoms with E-state index < -0.39 is 17.1 Å². The normalized spacial score (nSPS) is 14.3. The summed E-state index contributed by atoms with van der Waals surface area (Å²) < 4.78 is 17.1. The highest BCUT2D eigenvalue weighted by atomic mass is 79.9. The fourth-order valence-corrected chi connectivity index (χ4v) is 5.01. The van der Waals surface area contributed by atoms with E-state index in [9.17, 15) is 14.4 Å². The third-order valence-corrected chi connectivity index (χ3v) is 7.12. The third-order valence-electron chi connectivity index (χ3n) is 5.31. The van der Waals surface area contributed by atoms with Crippen molar-refractivity contribution in [2.24, 2.45) is 0 Å². The highest BCUT2D eigenvalue weighted by Crippen LogP contribution is 2.39.